The molecule has 0 aliphatic heterocycles. The average molecular weight is 335 g/mol. The molecular weight excluding hydrogens is 320 g/mol. The summed E-state index contributed by atoms with van der Waals surface area (Å²) in [6.45, 7) is 2.23. The summed E-state index contributed by atoms with van der Waals surface area (Å²) in [7, 11) is 0. The highest BCUT2D eigenvalue weighted by Crippen LogP contribution is 2.27. The van der Waals surface area contributed by atoms with Crippen LogP contribution in [0.1, 0.15) is 34.1 Å². The van der Waals surface area contributed by atoms with E-state index in [1.807, 2.05) is 6.92 Å². The normalized spacial score (nSPS) is 10.3. The van der Waals surface area contributed by atoms with Gasteiger partial charge in [0.1, 0.15) is 17.4 Å². The molecule has 0 aliphatic carbocycles. The zero-order chi connectivity index (χ0) is 17.7. The van der Waals surface area contributed by atoms with Crippen molar-refractivity contribution < 1.29 is 28.2 Å². The molecule has 0 saturated carbocycles. The van der Waals surface area contributed by atoms with Crippen molar-refractivity contribution in [1.29, 1.82) is 0 Å². The van der Waals surface area contributed by atoms with Crippen LogP contribution in [0.5, 0.6) is 5.75 Å². The van der Waals surface area contributed by atoms with Crippen LogP contribution in [0.3, 0.4) is 0 Å². The number of amides is 1. The Labute approximate surface area is 136 Å². The molecule has 7 heteroatoms. The van der Waals surface area contributed by atoms with Gasteiger partial charge in [0, 0.05) is 0 Å². The summed E-state index contributed by atoms with van der Waals surface area (Å²) in [6.07, 6.45) is 0.701. The van der Waals surface area contributed by atoms with Crippen molar-refractivity contribution >= 4 is 17.6 Å². The molecule has 0 unspecified atom stereocenters. The van der Waals surface area contributed by atoms with Crippen molar-refractivity contribution in [2.45, 2.75) is 13.3 Å². The van der Waals surface area contributed by atoms with Gasteiger partial charge in [-0.3, -0.25) is 4.79 Å². The monoisotopic (exact) mass is 335 g/mol. The first-order valence-electron chi connectivity index (χ1n) is 7.19. The number of carbonyl (C=O) groups is 2. The van der Waals surface area contributed by atoms with Crippen molar-refractivity contribution in [2.75, 3.05) is 11.9 Å². The van der Waals surface area contributed by atoms with Crippen molar-refractivity contribution in [3.63, 3.8) is 0 Å². The van der Waals surface area contributed by atoms with Gasteiger partial charge in [0.25, 0.3) is 5.91 Å². The zero-order valence-corrected chi connectivity index (χ0v) is 12.8. The number of hydrogen-bond donors (Lipinski definition) is 2. The van der Waals surface area contributed by atoms with E-state index in [4.69, 9.17) is 9.84 Å². The van der Waals surface area contributed by atoms with E-state index >= 15 is 0 Å². The van der Waals surface area contributed by atoms with E-state index in [0.29, 0.717) is 13.0 Å². The fraction of sp³-hybridized carbons (Fsp3) is 0.176. The molecule has 0 heterocycles. The number of carboxylic acid groups (broad SMARTS) is 1. The predicted molar refractivity (Wildman–Crippen MR) is 83.5 cm³/mol. The Morgan fingerprint density at radius 1 is 1.17 bits per heavy atom. The van der Waals surface area contributed by atoms with E-state index in [2.05, 4.69) is 5.32 Å². The summed E-state index contributed by atoms with van der Waals surface area (Å²) in [4.78, 5) is 23.2. The smallest absolute Gasteiger partial charge is 0.335 e. The molecule has 0 atom stereocenters. The maximum atomic E-state index is 13.7. The van der Waals surface area contributed by atoms with E-state index in [1.165, 1.54) is 18.2 Å². The Morgan fingerprint density at radius 2 is 1.92 bits per heavy atom. The molecule has 2 aromatic rings. The largest absolute Gasteiger partial charge is 0.491 e. The lowest BCUT2D eigenvalue weighted by atomic mass is 10.1. The third-order valence-corrected chi connectivity index (χ3v) is 3.11. The number of hydrogen-bond acceptors (Lipinski definition) is 3. The van der Waals surface area contributed by atoms with Gasteiger partial charge in [0.15, 0.2) is 0 Å². The summed E-state index contributed by atoms with van der Waals surface area (Å²) >= 11 is 0. The van der Waals surface area contributed by atoms with Gasteiger partial charge < -0.3 is 15.2 Å². The summed E-state index contributed by atoms with van der Waals surface area (Å²) in [5, 5.41) is 11.4. The van der Waals surface area contributed by atoms with E-state index in [1.54, 1.807) is 0 Å². The van der Waals surface area contributed by atoms with Gasteiger partial charge in [0.2, 0.25) is 0 Å². The van der Waals surface area contributed by atoms with Gasteiger partial charge in [-0.05, 0) is 42.8 Å². The van der Waals surface area contributed by atoms with Crippen LogP contribution in [0.2, 0.25) is 0 Å². The second kappa shape index (κ2) is 7.54. The maximum absolute atomic E-state index is 13.7. The summed E-state index contributed by atoms with van der Waals surface area (Å²) in [6, 6.07) is 6.42. The molecule has 5 nitrogen and oxygen atoms in total. The van der Waals surface area contributed by atoms with Gasteiger partial charge in [-0.15, -0.1) is 0 Å². The Bertz CT molecular complexity index is 777. The van der Waals surface area contributed by atoms with Crippen LogP contribution in [-0.2, 0) is 0 Å². The molecule has 0 fully saturated rings. The fourth-order valence-electron chi connectivity index (χ4n) is 1.96. The average Bonchev–Trinajstić information content (AvgIpc) is 2.55. The van der Waals surface area contributed by atoms with Crippen LogP contribution < -0.4 is 10.1 Å². The lowest BCUT2D eigenvalue weighted by molar-refractivity contribution is 0.0696. The molecular formula is C17H15F2NO4. The maximum Gasteiger partial charge on any atom is 0.335 e. The highest BCUT2D eigenvalue weighted by Gasteiger charge is 2.16. The molecule has 0 bridgehead atoms. The van der Waals surface area contributed by atoms with Gasteiger partial charge in [0.05, 0.1) is 23.4 Å². The predicted octanol–water partition coefficient (Wildman–Crippen LogP) is 3.70. The SMILES string of the molecule is CCCOc1ccc(C(=O)O)cc1NC(=O)c1cc(F)ccc1F. The number of anilines is 1. The molecule has 2 rings (SSSR count). The second-order valence-corrected chi connectivity index (χ2v) is 4.94. The van der Waals surface area contributed by atoms with Crippen LogP contribution >= 0.6 is 0 Å². The molecule has 0 aromatic heterocycles. The third-order valence-electron chi connectivity index (χ3n) is 3.11. The number of rotatable bonds is 6. The number of carboxylic acids is 1. The number of benzene rings is 2. The Hall–Kier alpha value is -2.96. The number of aromatic carboxylic acids is 1. The topological polar surface area (TPSA) is 75.6 Å². The minimum atomic E-state index is -1.19. The molecule has 24 heavy (non-hydrogen) atoms. The van der Waals surface area contributed by atoms with Crippen LogP contribution in [0.25, 0.3) is 0 Å². The van der Waals surface area contributed by atoms with Gasteiger partial charge >= 0.3 is 5.97 Å². The van der Waals surface area contributed by atoms with E-state index in [0.717, 1.165) is 18.2 Å². The summed E-state index contributed by atoms with van der Waals surface area (Å²) in [5.41, 5.74) is -0.497. The number of ether oxygens (including phenoxy) is 1. The minimum absolute atomic E-state index is 0.0667. The third kappa shape index (κ3) is 4.07. The van der Waals surface area contributed by atoms with E-state index in [-0.39, 0.29) is 17.0 Å². The summed E-state index contributed by atoms with van der Waals surface area (Å²) < 4.78 is 32.3. The molecule has 2 aromatic carbocycles. The number of nitrogens with one attached hydrogen (secondary N) is 1. The fourth-order valence-corrected chi connectivity index (χ4v) is 1.96. The lowest BCUT2D eigenvalue weighted by Gasteiger charge is -2.13. The molecule has 0 aliphatic rings. The van der Waals surface area contributed by atoms with Gasteiger partial charge in [-0.25, -0.2) is 13.6 Å². The highest BCUT2D eigenvalue weighted by molar-refractivity contribution is 6.05. The van der Waals surface area contributed by atoms with Crippen molar-refractivity contribution in [3.8, 4) is 5.75 Å². The quantitative estimate of drug-likeness (QED) is 0.844. The highest BCUT2D eigenvalue weighted by atomic mass is 19.1. The lowest BCUT2D eigenvalue weighted by Crippen LogP contribution is -2.15. The molecule has 0 radical (unpaired) electrons. The first kappa shape index (κ1) is 17.4. The van der Waals surface area contributed by atoms with Crippen LogP contribution in [0.15, 0.2) is 36.4 Å². The summed E-state index contributed by atoms with van der Waals surface area (Å²) in [5.74, 6) is -3.50. The Balaban J connectivity index is 2.35. The van der Waals surface area contributed by atoms with Crippen molar-refractivity contribution in [2.24, 2.45) is 0 Å². The van der Waals surface area contributed by atoms with Crippen molar-refractivity contribution in [1.82, 2.24) is 0 Å². The molecule has 2 N–H and O–H groups in total. The first-order valence-corrected chi connectivity index (χ1v) is 7.19. The Kier molecular flexibility index (Phi) is 5.47. The first-order chi connectivity index (χ1) is 11.4. The molecule has 0 spiro atoms. The number of halogens is 2. The van der Waals surface area contributed by atoms with Gasteiger partial charge in [-0.1, -0.05) is 6.92 Å². The van der Waals surface area contributed by atoms with Crippen LogP contribution in [0.4, 0.5) is 14.5 Å². The molecule has 0 saturated heterocycles. The standard InChI is InChI=1S/C17H15F2NO4/c1-2-7-24-15-6-3-10(17(22)23)8-14(15)20-16(21)12-9-11(18)4-5-13(12)19/h3-6,8-9H,2,7H2,1H3,(H,20,21)(H,22,23). The van der Waals surface area contributed by atoms with Crippen LogP contribution in [-0.4, -0.2) is 23.6 Å². The number of carbonyl (C=O) groups excluding carboxylic acids is 1. The minimum Gasteiger partial charge on any atom is -0.491 e. The second-order valence-electron chi connectivity index (χ2n) is 4.94. The molecule has 1 amide bonds. The van der Waals surface area contributed by atoms with E-state index in [9.17, 15) is 18.4 Å². The zero-order valence-electron chi connectivity index (χ0n) is 12.8. The van der Waals surface area contributed by atoms with Crippen LogP contribution in [0, 0.1) is 11.6 Å². The van der Waals surface area contributed by atoms with E-state index < -0.39 is 29.1 Å². The Morgan fingerprint density at radius 3 is 2.58 bits per heavy atom. The molecule has 126 valence electrons. The van der Waals surface area contributed by atoms with Crippen molar-refractivity contribution in [3.05, 3.63) is 59.2 Å². The van der Waals surface area contributed by atoms with Gasteiger partial charge in [-0.2, -0.15) is 0 Å².